The minimum Gasteiger partial charge on any atom is -0.307 e. The summed E-state index contributed by atoms with van der Waals surface area (Å²) in [4.78, 5) is 14.3. The van der Waals surface area contributed by atoms with E-state index in [0.717, 1.165) is 0 Å². The third-order valence-corrected chi connectivity index (χ3v) is 3.77. The van der Waals surface area contributed by atoms with Gasteiger partial charge >= 0.3 is 0 Å². The lowest BCUT2D eigenvalue weighted by Crippen LogP contribution is -2.31. The summed E-state index contributed by atoms with van der Waals surface area (Å²) in [7, 11) is 0. The zero-order chi connectivity index (χ0) is 16.3. The van der Waals surface area contributed by atoms with Crippen LogP contribution in [0.3, 0.4) is 0 Å². The Bertz CT molecular complexity index is 641. The summed E-state index contributed by atoms with van der Waals surface area (Å²) < 4.78 is 15.0. The topological polar surface area (TPSA) is 63.9 Å². The summed E-state index contributed by atoms with van der Waals surface area (Å²) in [5, 5.41) is 11.7. The number of rotatable bonds is 5. The van der Waals surface area contributed by atoms with Crippen LogP contribution in [0.15, 0.2) is 24.7 Å². The van der Waals surface area contributed by atoms with E-state index in [2.05, 4.69) is 15.3 Å². The molecule has 0 fully saturated rings. The lowest BCUT2D eigenvalue weighted by molar-refractivity contribution is 0.0987. The summed E-state index contributed by atoms with van der Waals surface area (Å²) >= 11 is 0. The normalized spacial score (nSPS) is 13.7. The zero-order valence-electron chi connectivity index (χ0n) is 13.2. The molecule has 2 rings (SSSR count). The van der Waals surface area contributed by atoms with Gasteiger partial charge in [0.2, 0.25) is 0 Å². The van der Waals surface area contributed by atoms with Crippen LogP contribution >= 0.6 is 0 Å². The summed E-state index contributed by atoms with van der Waals surface area (Å²) in [6, 6.07) is 1.31. The lowest BCUT2D eigenvalue weighted by atomic mass is 10.2. The Morgan fingerprint density at radius 2 is 2.09 bits per heavy atom. The average Bonchev–Trinajstić information content (AvgIpc) is 2.89. The smallest absolute Gasteiger partial charge is 0.261 e. The van der Waals surface area contributed by atoms with Crippen molar-refractivity contribution in [3.8, 4) is 0 Å². The predicted octanol–water partition coefficient (Wildman–Crippen LogP) is 2.57. The van der Waals surface area contributed by atoms with E-state index >= 15 is 0 Å². The molecule has 22 heavy (non-hydrogen) atoms. The van der Waals surface area contributed by atoms with Gasteiger partial charge in [0.25, 0.3) is 5.91 Å². The van der Waals surface area contributed by atoms with Gasteiger partial charge in [0.15, 0.2) is 0 Å². The standard InChI is InChI=1S/C15H20FN5O/c1-5-20(13-6-7-17-18-8-13)15(22)14-9-19-21(12(14)4)11(3)10(2)16/h6-11H,5H2,1-4H3. The first kappa shape index (κ1) is 16.1. The molecule has 0 radical (unpaired) electrons. The summed E-state index contributed by atoms with van der Waals surface area (Å²) in [5.41, 5.74) is 1.79. The summed E-state index contributed by atoms with van der Waals surface area (Å²) in [6.45, 7) is 7.36. The van der Waals surface area contributed by atoms with Crippen molar-refractivity contribution in [3.05, 3.63) is 35.9 Å². The lowest BCUT2D eigenvalue weighted by Gasteiger charge is -2.20. The fourth-order valence-corrected chi connectivity index (χ4v) is 2.27. The minimum atomic E-state index is -1.05. The highest BCUT2D eigenvalue weighted by atomic mass is 19.1. The van der Waals surface area contributed by atoms with Crippen LogP contribution in [0.1, 0.15) is 42.9 Å². The Morgan fingerprint density at radius 3 is 2.64 bits per heavy atom. The van der Waals surface area contributed by atoms with Gasteiger partial charge in [-0.05, 0) is 33.8 Å². The van der Waals surface area contributed by atoms with Gasteiger partial charge in [0.1, 0.15) is 6.17 Å². The largest absolute Gasteiger partial charge is 0.307 e. The van der Waals surface area contributed by atoms with Crippen LogP contribution in [-0.4, -0.2) is 38.6 Å². The van der Waals surface area contributed by atoms with E-state index in [1.807, 2.05) is 6.92 Å². The monoisotopic (exact) mass is 305 g/mol. The Hall–Kier alpha value is -2.31. The molecule has 0 bridgehead atoms. The molecule has 7 heteroatoms. The number of nitrogens with zero attached hydrogens (tertiary/aromatic N) is 5. The van der Waals surface area contributed by atoms with E-state index < -0.39 is 12.2 Å². The maximum Gasteiger partial charge on any atom is 0.261 e. The fraction of sp³-hybridized carbons (Fsp3) is 0.467. The molecule has 0 aliphatic heterocycles. The molecule has 1 amide bonds. The third-order valence-electron chi connectivity index (χ3n) is 3.77. The van der Waals surface area contributed by atoms with E-state index in [1.165, 1.54) is 25.5 Å². The molecule has 0 aliphatic rings. The molecule has 0 aromatic carbocycles. The Kier molecular flexibility index (Phi) is 4.85. The van der Waals surface area contributed by atoms with Gasteiger partial charge in [-0.15, -0.1) is 0 Å². The minimum absolute atomic E-state index is 0.182. The Morgan fingerprint density at radius 1 is 1.36 bits per heavy atom. The van der Waals surface area contributed by atoms with E-state index in [0.29, 0.717) is 23.5 Å². The van der Waals surface area contributed by atoms with Crippen molar-refractivity contribution < 1.29 is 9.18 Å². The average molecular weight is 305 g/mol. The zero-order valence-corrected chi connectivity index (χ0v) is 13.2. The molecule has 2 aromatic rings. The third kappa shape index (κ3) is 2.98. The van der Waals surface area contributed by atoms with Crippen LogP contribution in [0.25, 0.3) is 0 Å². The highest BCUT2D eigenvalue weighted by molar-refractivity contribution is 6.06. The second-order valence-electron chi connectivity index (χ2n) is 5.16. The van der Waals surface area contributed by atoms with Gasteiger partial charge in [-0.2, -0.15) is 15.3 Å². The maximum absolute atomic E-state index is 13.5. The first-order valence-electron chi connectivity index (χ1n) is 7.24. The molecular weight excluding hydrogens is 285 g/mol. The van der Waals surface area contributed by atoms with E-state index in [1.54, 1.807) is 29.5 Å². The molecular formula is C15H20FN5O. The maximum atomic E-state index is 13.5. The van der Waals surface area contributed by atoms with Gasteiger partial charge < -0.3 is 4.90 Å². The van der Waals surface area contributed by atoms with Crippen LogP contribution in [0.2, 0.25) is 0 Å². The molecule has 2 aromatic heterocycles. The molecule has 2 heterocycles. The number of alkyl halides is 1. The highest BCUT2D eigenvalue weighted by Crippen LogP contribution is 2.21. The Balaban J connectivity index is 2.33. The van der Waals surface area contributed by atoms with Crippen molar-refractivity contribution in [2.24, 2.45) is 0 Å². The molecule has 118 valence electrons. The number of carbonyl (C=O) groups is 1. The van der Waals surface area contributed by atoms with Crippen LogP contribution in [0, 0.1) is 6.92 Å². The van der Waals surface area contributed by atoms with Crippen molar-refractivity contribution in [1.29, 1.82) is 0 Å². The Labute approximate surface area is 129 Å². The number of aromatic nitrogens is 4. The molecule has 0 N–H and O–H groups in total. The molecule has 0 saturated heterocycles. The second-order valence-corrected chi connectivity index (χ2v) is 5.16. The van der Waals surface area contributed by atoms with Crippen molar-refractivity contribution in [1.82, 2.24) is 20.0 Å². The number of hydrogen-bond donors (Lipinski definition) is 0. The van der Waals surface area contributed by atoms with Crippen molar-refractivity contribution in [3.63, 3.8) is 0 Å². The number of anilines is 1. The van der Waals surface area contributed by atoms with Crippen LogP contribution in [0.5, 0.6) is 0 Å². The van der Waals surface area contributed by atoms with Crippen LogP contribution in [0.4, 0.5) is 10.1 Å². The molecule has 6 nitrogen and oxygen atoms in total. The van der Waals surface area contributed by atoms with E-state index in [-0.39, 0.29) is 5.91 Å². The molecule has 2 unspecified atom stereocenters. The molecule has 0 spiro atoms. The highest BCUT2D eigenvalue weighted by Gasteiger charge is 2.24. The van der Waals surface area contributed by atoms with Gasteiger partial charge in [0, 0.05) is 12.2 Å². The van der Waals surface area contributed by atoms with E-state index in [9.17, 15) is 9.18 Å². The van der Waals surface area contributed by atoms with Gasteiger partial charge in [0.05, 0.1) is 35.9 Å². The van der Waals surface area contributed by atoms with Gasteiger partial charge in [-0.1, -0.05) is 0 Å². The first-order chi connectivity index (χ1) is 10.5. The SMILES string of the molecule is CCN(C(=O)c1cnn(C(C)C(C)F)c1C)c1ccnnc1. The quantitative estimate of drug-likeness (QED) is 0.851. The van der Waals surface area contributed by atoms with Gasteiger partial charge in [-0.25, -0.2) is 4.39 Å². The van der Waals surface area contributed by atoms with Crippen molar-refractivity contribution in [2.45, 2.75) is 39.9 Å². The number of hydrogen-bond acceptors (Lipinski definition) is 4. The first-order valence-corrected chi connectivity index (χ1v) is 7.24. The number of halogens is 1. The van der Waals surface area contributed by atoms with Gasteiger partial charge in [-0.3, -0.25) is 9.48 Å². The van der Waals surface area contributed by atoms with E-state index in [4.69, 9.17) is 0 Å². The van der Waals surface area contributed by atoms with Crippen LogP contribution in [-0.2, 0) is 0 Å². The van der Waals surface area contributed by atoms with Crippen LogP contribution < -0.4 is 4.90 Å². The molecule has 0 aliphatic carbocycles. The van der Waals surface area contributed by atoms with Crippen molar-refractivity contribution in [2.75, 3.05) is 11.4 Å². The number of carbonyl (C=O) groups excluding carboxylic acids is 1. The predicted molar refractivity (Wildman–Crippen MR) is 81.6 cm³/mol. The van der Waals surface area contributed by atoms with Crippen molar-refractivity contribution >= 4 is 11.6 Å². The second kappa shape index (κ2) is 6.64. The molecule has 0 saturated carbocycles. The fourth-order valence-electron chi connectivity index (χ4n) is 2.27. The summed E-state index contributed by atoms with van der Waals surface area (Å²) in [6.07, 6.45) is 3.52. The molecule has 2 atom stereocenters. The summed E-state index contributed by atoms with van der Waals surface area (Å²) in [5.74, 6) is -0.182. The number of amides is 1.